The Balaban J connectivity index is 1.18. The van der Waals surface area contributed by atoms with Crippen LogP contribution in [0.1, 0.15) is 67.6 Å². The van der Waals surface area contributed by atoms with Gasteiger partial charge < -0.3 is 4.42 Å². The first kappa shape index (κ1) is 27.6. The number of furan rings is 1. The third-order valence-corrected chi connectivity index (χ3v) is 11.2. The van der Waals surface area contributed by atoms with Crippen molar-refractivity contribution in [2.24, 2.45) is 7.05 Å². The van der Waals surface area contributed by atoms with Crippen LogP contribution in [0.25, 0.3) is 55.2 Å². The van der Waals surface area contributed by atoms with Crippen molar-refractivity contribution in [1.82, 2.24) is 4.98 Å². The number of hydrogen-bond acceptors (Lipinski definition) is 2. The molecular formula is C45H35N2O+. The molecule has 0 N–H and O–H groups in total. The van der Waals surface area contributed by atoms with E-state index in [0.717, 1.165) is 33.3 Å². The van der Waals surface area contributed by atoms with Gasteiger partial charge in [-0.2, -0.15) is 0 Å². The maximum Gasteiger partial charge on any atom is 0.227 e. The van der Waals surface area contributed by atoms with Crippen LogP contribution in [-0.2, 0) is 7.05 Å². The summed E-state index contributed by atoms with van der Waals surface area (Å²) in [6.45, 7) is 8.66. The second-order valence-corrected chi connectivity index (χ2v) is 14.0. The highest BCUT2D eigenvalue weighted by Gasteiger charge is 2.41. The number of benzene rings is 5. The van der Waals surface area contributed by atoms with Gasteiger partial charge in [-0.25, -0.2) is 9.55 Å². The van der Waals surface area contributed by atoms with Crippen molar-refractivity contribution in [3.63, 3.8) is 0 Å². The van der Waals surface area contributed by atoms with Crippen LogP contribution in [-0.4, -0.2) is 4.98 Å². The summed E-state index contributed by atoms with van der Waals surface area (Å²) in [5, 5.41) is 4.81. The zero-order valence-corrected chi connectivity index (χ0v) is 27.8. The van der Waals surface area contributed by atoms with Crippen LogP contribution in [0.4, 0.5) is 0 Å². The highest BCUT2D eigenvalue weighted by Crippen LogP contribution is 2.57. The first-order chi connectivity index (χ1) is 23.4. The summed E-state index contributed by atoms with van der Waals surface area (Å²) in [7, 11) is 2.15. The quantitative estimate of drug-likeness (QED) is 0.180. The molecule has 0 saturated carbocycles. The lowest BCUT2D eigenvalue weighted by molar-refractivity contribution is -0.660. The van der Waals surface area contributed by atoms with E-state index in [-0.39, 0.29) is 11.8 Å². The number of aromatic nitrogens is 2. The highest BCUT2D eigenvalue weighted by atomic mass is 16.3. The SMILES string of the molecule is Cc1ccc2c(n1)oc1c(-c3cc(-c4ccc5c(c4)C4c6ccccc6C5c5cc6ccccc6cc54)c(C)c[n+]3C)c(C)c(C)cc12. The summed E-state index contributed by atoms with van der Waals surface area (Å²) in [5.74, 6) is 0.458. The van der Waals surface area contributed by atoms with Gasteiger partial charge in [-0.15, -0.1) is 0 Å². The number of nitrogens with zero attached hydrogens (tertiary/aromatic N) is 2. The molecule has 48 heavy (non-hydrogen) atoms. The minimum absolute atomic E-state index is 0.213. The van der Waals surface area contributed by atoms with Gasteiger partial charge in [0.25, 0.3) is 0 Å². The monoisotopic (exact) mass is 619 g/mol. The Morgan fingerprint density at radius 1 is 0.604 bits per heavy atom. The highest BCUT2D eigenvalue weighted by molar-refractivity contribution is 6.09. The summed E-state index contributed by atoms with van der Waals surface area (Å²) in [4.78, 5) is 4.74. The average Bonchev–Trinajstić information content (AvgIpc) is 3.44. The minimum Gasteiger partial charge on any atom is -0.437 e. The van der Waals surface area contributed by atoms with Crippen molar-refractivity contribution < 1.29 is 8.98 Å². The van der Waals surface area contributed by atoms with Crippen molar-refractivity contribution in [1.29, 1.82) is 0 Å². The van der Waals surface area contributed by atoms with Crippen LogP contribution >= 0.6 is 0 Å². The van der Waals surface area contributed by atoms with Crippen LogP contribution in [0.5, 0.6) is 0 Å². The van der Waals surface area contributed by atoms with E-state index >= 15 is 0 Å². The Kier molecular flexibility index (Phi) is 5.59. The maximum absolute atomic E-state index is 6.57. The van der Waals surface area contributed by atoms with Crippen molar-refractivity contribution in [3.8, 4) is 22.4 Å². The van der Waals surface area contributed by atoms with E-state index in [4.69, 9.17) is 9.40 Å². The average molecular weight is 620 g/mol. The van der Waals surface area contributed by atoms with E-state index in [1.165, 1.54) is 72.0 Å². The molecule has 3 aromatic heterocycles. The molecule has 3 heterocycles. The van der Waals surface area contributed by atoms with E-state index in [1.54, 1.807) is 0 Å². The molecular weight excluding hydrogens is 585 g/mol. The second-order valence-electron chi connectivity index (χ2n) is 14.0. The standard InChI is InChI=1S/C45H35N2O/c1-24-18-39-34-16-14-26(3)46-45(34)48-44(39)41(27(24)4)40-22-35(25(2)23-47(40)5)30-15-17-33-36(21-30)43-32-13-9-8-12-31(32)42(33)37-19-28-10-6-7-11-29(28)20-38(37)43/h6-23,42-43H,1-5H3/q+1. The van der Waals surface area contributed by atoms with E-state index in [2.05, 4.69) is 142 Å². The van der Waals surface area contributed by atoms with Crippen molar-refractivity contribution in [2.45, 2.75) is 39.5 Å². The van der Waals surface area contributed by atoms with Gasteiger partial charge in [-0.1, -0.05) is 60.7 Å². The summed E-state index contributed by atoms with van der Waals surface area (Å²) in [5.41, 5.74) is 19.7. The molecule has 8 aromatic rings. The first-order valence-corrected chi connectivity index (χ1v) is 16.9. The van der Waals surface area contributed by atoms with Crippen molar-refractivity contribution >= 4 is 32.8 Å². The van der Waals surface area contributed by atoms with Gasteiger partial charge in [-0.05, 0) is 131 Å². The Morgan fingerprint density at radius 2 is 1.25 bits per heavy atom. The number of hydrogen-bond donors (Lipinski definition) is 0. The molecule has 2 atom stereocenters. The molecule has 0 fully saturated rings. The third-order valence-electron chi connectivity index (χ3n) is 11.2. The molecule has 5 aromatic carbocycles. The fourth-order valence-electron chi connectivity index (χ4n) is 8.83. The van der Waals surface area contributed by atoms with E-state index in [0.29, 0.717) is 5.71 Å². The van der Waals surface area contributed by atoms with E-state index < -0.39 is 0 Å². The molecule has 3 aliphatic carbocycles. The molecule has 3 heteroatoms. The molecule has 3 aliphatic rings. The van der Waals surface area contributed by atoms with E-state index in [1.807, 2.05) is 6.92 Å². The van der Waals surface area contributed by atoms with Crippen LogP contribution in [0.2, 0.25) is 0 Å². The van der Waals surface area contributed by atoms with Crippen LogP contribution in [0, 0.1) is 27.7 Å². The molecule has 0 saturated heterocycles. The molecule has 11 rings (SSSR count). The lowest BCUT2D eigenvalue weighted by Crippen LogP contribution is -2.31. The zero-order valence-electron chi connectivity index (χ0n) is 27.8. The van der Waals surface area contributed by atoms with Gasteiger partial charge in [0, 0.05) is 39.9 Å². The van der Waals surface area contributed by atoms with Gasteiger partial charge in [-0.3, -0.25) is 0 Å². The predicted molar refractivity (Wildman–Crippen MR) is 195 cm³/mol. The van der Waals surface area contributed by atoms with Crippen LogP contribution in [0.3, 0.4) is 0 Å². The number of aryl methyl sites for hydroxylation is 4. The third kappa shape index (κ3) is 3.70. The smallest absolute Gasteiger partial charge is 0.227 e. The Hall–Kier alpha value is -5.54. The Morgan fingerprint density at radius 3 is 1.98 bits per heavy atom. The topological polar surface area (TPSA) is 29.9 Å². The molecule has 0 amide bonds. The minimum atomic E-state index is 0.213. The summed E-state index contributed by atoms with van der Waals surface area (Å²) in [6.07, 6.45) is 2.27. The Bertz CT molecular complexity index is 2690. The molecule has 0 radical (unpaired) electrons. The van der Waals surface area contributed by atoms with Crippen molar-refractivity contribution in [2.75, 3.05) is 0 Å². The van der Waals surface area contributed by atoms with Gasteiger partial charge in [0.15, 0.2) is 11.8 Å². The second kappa shape index (κ2) is 9.74. The van der Waals surface area contributed by atoms with Crippen LogP contribution in [0.15, 0.2) is 114 Å². The fraction of sp³-hybridized carbons (Fsp3) is 0.156. The molecule has 3 nitrogen and oxygen atoms in total. The molecule has 0 aliphatic heterocycles. The summed E-state index contributed by atoms with van der Waals surface area (Å²) < 4.78 is 8.82. The van der Waals surface area contributed by atoms with E-state index in [9.17, 15) is 0 Å². The molecule has 0 spiro atoms. The van der Waals surface area contributed by atoms with Crippen LogP contribution < -0.4 is 4.57 Å². The van der Waals surface area contributed by atoms with Crippen molar-refractivity contribution in [3.05, 3.63) is 165 Å². The number of fused-ring (bicyclic) bond motifs is 4. The van der Waals surface area contributed by atoms with Gasteiger partial charge in [0.05, 0.1) is 5.56 Å². The molecule has 230 valence electrons. The predicted octanol–water partition coefficient (Wildman–Crippen LogP) is 10.5. The molecule has 2 bridgehead atoms. The first-order valence-electron chi connectivity index (χ1n) is 16.9. The van der Waals surface area contributed by atoms with Gasteiger partial charge in [0.1, 0.15) is 7.05 Å². The zero-order chi connectivity index (χ0) is 32.4. The largest absolute Gasteiger partial charge is 0.437 e. The van der Waals surface area contributed by atoms with Gasteiger partial charge in [0.2, 0.25) is 11.4 Å². The lowest BCUT2D eigenvalue weighted by Gasteiger charge is -2.42. The lowest BCUT2D eigenvalue weighted by atomic mass is 9.60. The maximum atomic E-state index is 6.57. The Labute approximate surface area is 280 Å². The normalized spacial score (nSPS) is 16.0. The number of pyridine rings is 2. The summed E-state index contributed by atoms with van der Waals surface area (Å²) in [6, 6.07) is 38.9. The summed E-state index contributed by atoms with van der Waals surface area (Å²) >= 11 is 0. The molecule has 2 unspecified atom stereocenters. The fourth-order valence-corrected chi connectivity index (χ4v) is 8.83. The number of rotatable bonds is 2. The van der Waals surface area contributed by atoms with Gasteiger partial charge >= 0.3 is 0 Å².